The van der Waals surface area contributed by atoms with Crippen molar-refractivity contribution in [3.63, 3.8) is 0 Å². The number of carboxylic acid groups (broad SMARTS) is 1. The molecule has 0 spiro atoms. The molecule has 0 aromatic carbocycles. The quantitative estimate of drug-likeness (QED) is 0.645. The van der Waals surface area contributed by atoms with Crippen molar-refractivity contribution in [3.05, 3.63) is 24.3 Å². The van der Waals surface area contributed by atoms with E-state index in [-0.39, 0.29) is 18.7 Å². The minimum absolute atomic E-state index is 0.0569. The molecule has 0 saturated heterocycles. The maximum Gasteiger partial charge on any atom is 0.358 e. The molecule has 7 nitrogen and oxygen atoms in total. The molecule has 0 aliphatic carbocycles. The van der Waals surface area contributed by atoms with Gasteiger partial charge in [0.1, 0.15) is 6.04 Å². The van der Waals surface area contributed by atoms with Gasteiger partial charge in [-0.15, -0.1) is 0 Å². The molecule has 0 bridgehead atoms. The lowest BCUT2D eigenvalue weighted by Gasteiger charge is -2.06. The molecule has 0 radical (unpaired) electrons. The Balaban J connectivity index is 2.34. The van der Waals surface area contributed by atoms with Gasteiger partial charge in [0.05, 0.1) is 12.8 Å². The van der Waals surface area contributed by atoms with E-state index >= 15 is 0 Å². The average Bonchev–Trinajstić information content (AvgIpc) is 2.29. The standard InChI is InChI=1S/C9H11N3O4/c10-6(8(13)14)1-4-16-9(15)7-5-11-2-3-12-7/h2-3,5-6H,1,4,10H2,(H,13,14)/t6-/m0/s1. The molecule has 1 aromatic heterocycles. The smallest absolute Gasteiger partial charge is 0.358 e. The minimum atomic E-state index is -1.13. The number of carbonyl (C=O) groups excluding carboxylic acids is 1. The average molecular weight is 225 g/mol. The lowest BCUT2D eigenvalue weighted by molar-refractivity contribution is -0.138. The first-order valence-corrected chi connectivity index (χ1v) is 4.53. The number of ether oxygens (including phenoxy) is 1. The Morgan fingerprint density at radius 2 is 2.25 bits per heavy atom. The number of carbonyl (C=O) groups is 2. The van der Waals surface area contributed by atoms with Gasteiger partial charge in [-0.3, -0.25) is 9.78 Å². The number of hydrogen-bond donors (Lipinski definition) is 2. The topological polar surface area (TPSA) is 115 Å². The van der Waals surface area contributed by atoms with Crippen LogP contribution in [0.2, 0.25) is 0 Å². The SMILES string of the molecule is N[C@@H](CCOC(=O)c1cnccn1)C(=O)O. The summed E-state index contributed by atoms with van der Waals surface area (Å²) in [5.74, 6) is -1.78. The second-order valence-corrected chi connectivity index (χ2v) is 2.96. The summed E-state index contributed by atoms with van der Waals surface area (Å²) >= 11 is 0. The predicted octanol–water partition coefficient (Wildman–Crippen LogP) is -0.565. The number of nitrogens with two attached hydrogens (primary N) is 1. The van der Waals surface area contributed by atoms with Gasteiger partial charge >= 0.3 is 11.9 Å². The Bertz CT molecular complexity index is 368. The van der Waals surface area contributed by atoms with Crippen LogP contribution in [0.3, 0.4) is 0 Å². The van der Waals surface area contributed by atoms with E-state index < -0.39 is 18.0 Å². The molecule has 1 atom stereocenters. The number of rotatable bonds is 5. The van der Waals surface area contributed by atoms with Gasteiger partial charge in [-0.2, -0.15) is 0 Å². The summed E-state index contributed by atoms with van der Waals surface area (Å²) in [5, 5.41) is 8.48. The van der Waals surface area contributed by atoms with Crippen molar-refractivity contribution >= 4 is 11.9 Å². The summed E-state index contributed by atoms with van der Waals surface area (Å²) in [7, 11) is 0. The van der Waals surface area contributed by atoms with E-state index in [0.717, 1.165) is 0 Å². The van der Waals surface area contributed by atoms with Crippen molar-refractivity contribution in [2.24, 2.45) is 5.73 Å². The fourth-order valence-electron chi connectivity index (χ4n) is 0.881. The highest BCUT2D eigenvalue weighted by atomic mass is 16.5. The Morgan fingerprint density at radius 1 is 1.50 bits per heavy atom. The Morgan fingerprint density at radius 3 is 2.81 bits per heavy atom. The van der Waals surface area contributed by atoms with Crippen LogP contribution in [0.15, 0.2) is 18.6 Å². The summed E-state index contributed by atoms with van der Waals surface area (Å²) in [4.78, 5) is 29.1. The van der Waals surface area contributed by atoms with Gasteiger partial charge < -0.3 is 15.6 Å². The molecule has 0 fully saturated rings. The fraction of sp³-hybridized carbons (Fsp3) is 0.333. The molecule has 0 aliphatic heterocycles. The molecular weight excluding hydrogens is 214 g/mol. The van der Waals surface area contributed by atoms with Gasteiger partial charge in [-0.1, -0.05) is 0 Å². The molecule has 86 valence electrons. The number of esters is 1. The Kier molecular flexibility index (Phi) is 4.34. The molecule has 0 saturated carbocycles. The lowest BCUT2D eigenvalue weighted by atomic mass is 10.2. The monoisotopic (exact) mass is 225 g/mol. The van der Waals surface area contributed by atoms with Crippen LogP contribution in [0.1, 0.15) is 16.9 Å². The highest BCUT2D eigenvalue weighted by Gasteiger charge is 2.13. The largest absolute Gasteiger partial charge is 0.480 e. The van der Waals surface area contributed by atoms with Crippen molar-refractivity contribution in [1.29, 1.82) is 0 Å². The minimum Gasteiger partial charge on any atom is -0.480 e. The van der Waals surface area contributed by atoms with Crippen LogP contribution in [0.5, 0.6) is 0 Å². The number of nitrogens with zero attached hydrogens (tertiary/aromatic N) is 2. The summed E-state index contributed by atoms with van der Waals surface area (Å²) in [6.07, 6.45) is 4.11. The van der Waals surface area contributed by atoms with Gasteiger partial charge in [0.25, 0.3) is 0 Å². The first kappa shape index (κ1) is 12.1. The van der Waals surface area contributed by atoms with E-state index in [0.29, 0.717) is 0 Å². The number of hydrogen-bond acceptors (Lipinski definition) is 6. The molecule has 1 rings (SSSR count). The van der Waals surface area contributed by atoms with Crippen molar-refractivity contribution < 1.29 is 19.4 Å². The van der Waals surface area contributed by atoms with Crippen molar-refractivity contribution in [1.82, 2.24) is 9.97 Å². The molecule has 3 N–H and O–H groups in total. The molecule has 0 unspecified atom stereocenters. The van der Waals surface area contributed by atoms with E-state index in [2.05, 4.69) is 9.97 Å². The fourth-order valence-corrected chi connectivity index (χ4v) is 0.881. The molecule has 1 heterocycles. The molecule has 16 heavy (non-hydrogen) atoms. The molecular formula is C9H11N3O4. The van der Waals surface area contributed by atoms with Crippen LogP contribution in [0.25, 0.3) is 0 Å². The molecule has 0 aliphatic rings. The van der Waals surface area contributed by atoms with E-state index in [1.165, 1.54) is 18.6 Å². The zero-order chi connectivity index (χ0) is 12.0. The van der Waals surface area contributed by atoms with E-state index in [9.17, 15) is 9.59 Å². The third kappa shape index (κ3) is 3.62. The first-order chi connectivity index (χ1) is 7.61. The third-order valence-electron chi connectivity index (χ3n) is 1.75. The first-order valence-electron chi connectivity index (χ1n) is 4.53. The van der Waals surface area contributed by atoms with Crippen molar-refractivity contribution in [2.45, 2.75) is 12.5 Å². The van der Waals surface area contributed by atoms with Crippen LogP contribution in [-0.2, 0) is 9.53 Å². The zero-order valence-corrected chi connectivity index (χ0v) is 8.37. The lowest BCUT2D eigenvalue weighted by Crippen LogP contribution is -2.31. The van der Waals surface area contributed by atoms with Crippen LogP contribution in [-0.4, -0.2) is 39.7 Å². The highest BCUT2D eigenvalue weighted by Crippen LogP contribution is 1.97. The van der Waals surface area contributed by atoms with E-state index in [1.807, 2.05) is 0 Å². The Hall–Kier alpha value is -2.02. The van der Waals surface area contributed by atoms with Crippen molar-refractivity contribution in [2.75, 3.05) is 6.61 Å². The predicted molar refractivity (Wildman–Crippen MR) is 52.5 cm³/mol. The van der Waals surface area contributed by atoms with Crippen LogP contribution < -0.4 is 5.73 Å². The maximum absolute atomic E-state index is 11.3. The van der Waals surface area contributed by atoms with Gasteiger partial charge in [0.2, 0.25) is 0 Å². The number of aliphatic carboxylic acids is 1. The maximum atomic E-state index is 11.3. The third-order valence-corrected chi connectivity index (χ3v) is 1.75. The number of aromatic nitrogens is 2. The molecule has 7 heteroatoms. The van der Waals surface area contributed by atoms with Gasteiger partial charge in [-0.25, -0.2) is 9.78 Å². The summed E-state index contributed by atoms with van der Waals surface area (Å²) in [6, 6.07) is -1.03. The second-order valence-electron chi connectivity index (χ2n) is 2.96. The summed E-state index contributed by atoms with van der Waals surface area (Å²) in [5.41, 5.74) is 5.30. The summed E-state index contributed by atoms with van der Waals surface area (Å²) < 4.78 is 4.76. The van der Waals surface area contributed by atoms with E-state index in [4.69, 9.17) is 15.6 Å². The molecule has 1 aromatic rings. The van der Waals surface area contributed by atoms with Crippen LogP contribution in [0, 0.1) is 0 Å². The highest BCUT2D eigenvalue weighted by molar-refractivity contribution is 5.86. The van der Waals surface area contributed by atoms with Gasteiger partial charge in [0.15, 0.2) is 5.69 Å². The summed E-state index contributed by atoms with van der Waals surface area (Å²) in [6.45, 7) is -0.0666. The normalized spacial score (nSPS) is 11.8. The van der Waals surface area contributed by atoms with Crippen LogP contribution >= 0.6 is 0 Å². The van der Waals surface area contributed by atoms with Gasteiger partial charge in [-0.05, 0) is 0 Å². The number of carboxylic acids is 1. The van der Waals surface area contributed by atoms with Crippen molar-refractivity contribution in [3.8, 4) is 0 Å². The van der Waals surface area contributed by atoms with Crippen LogP contribution in [0.4, 0.5) is 0 Å². The Labute approximate surface area is 91.3 Å². The second kappa shape index (κ2) is 5.76. The zero-order valence-electron chi connectivity index (χ0n) is 8.37. The van der Waals surface area contributed by atoms with E-state index in [1.54, 1.807) is 0 Å². The molecule has 0 amide bonds. The van der Waals surface area contributed by atoms with Gasteiger partial charge in [0, 0.05) is 18.8 Å².